The molecule has 12 heavy (non-hydrogen) atoms. The Morgan fingerprint density at radius 2 is 2.33 bits per heavy atom. The summed E-state index contributed by atoms with van der Waals surface area (Å²) in [6.45, 7) is 3.51. The lowest BCUT2D eigenvalue weighted by Gasteiger charge is -2.04. The fourth-order valence-electron chi connectivity index (χ4n) is 0.687. The largest absolute Gasteiger partial charge is 0.463 e. The van der Waals surface area contributed by atoms with Gasteiger partial charge in [0.1, 0.15) is 0 Å². The van der Waals surface area contributed by atoms with Crippen molar-refractivity contribution >= 4 is 5.97 Å². The number of ether oxygens (including phenoxy) is 1. The summed E-state index contributed by atoms with van der Waals surface area (Å²) in [5.74, 6) is -0.388. The van der Waals surface area contributed by atoms with Crippen LogP contribution in [0.5, 0.6) is 0 Å². The number of carbonyl (C=O) groups excluding carboxylic acids is 1. The SMILES string of the molecule is CCOC(=O)/C(C)=C/[C@H](N)CO. The lowest BCUT2D eigenvalue weighted by Crippen LogP contribution is -2.23. The van der Waals surface area contributed by atoms with Crippen molar-refractivity contribution in [2.75, 3.05) is 13.2 Å². The lowest BCUT2D eigenvalue weighted by atomic mass is 10.2. The number of nitrogens with two attached hydrogens (primary N) is 1. The summed E-state index contributed by atoms with van der Waals surface area (Å²) in [4.78, 5) is 11.0. The van der Waals surface area contributed by atoms with Crippen LogP contribution in [0, 0.1) is 0 Å². The Morgan fingerprint density at radius 1 is 1.75 bits per heavy atom. The van der Waals surface area contributed by atoms with Gasteiger partial charge in [-0.15, -0.1) is 0 Å². The van der Waals surface area contributed by atoms with E-state index in [0.29, 0.717) is 12.2 Å². The molecule has 4 heteroatoms. The normalized spacial score (nSPS) is 14.2. The number of hydrogen-bond donors (Lipinski definition) is 2. The monoisotopic (exact) mass is 173 g/mol. The van der Waals surface area contributed by atoms with Gasteiger partial charge in [0.25, 0.3) is 0 Å². The van der Waals surface area contributed by atoms with Crippen LogP contribution < -0.4 is 5.73 Å². The third-order valence-corrected chi connectivity index (χ3v) is 1.27. The van der Waals surface area contributed by atoms with E-state index in [9.17, 15) is 4.79 Å². The van der Waals surface area contributed by atoms with Gasteiger partial charge in [0.05, 0.1) is 13.2 Å². The summed E-state index contributed by atoms with van der Waals surface area (Å²) in [5, 5.41) is 8.57. The molecule has 0 amide bonds. The molecule has 3 N–H and O–H groups in total. The molecule has 1 atom stereocenters. The van der Waals surface area contributed by atoms with E-state index in [1.165, 1.54) is 6.08 Å². The quantitative estimate of drug-likeness (QED) is 0.456. The highest BCUT2D eigenvalue weighted by Crippen LogP contribution is 1.97. The van der Waals surface area contributed by atoms with Gasteiger partial charge in [-0.05, 0) is 13.8 Å². The van der Waals surface area contributed by atoms with E-state index >= 15 is 0 Å². The molecule has 0 aliphatic heterocycles. The average molecular weight is 173 g/mol. The van der Waals surface area contributed by atoms with Gasteiger partial charge in [0, 0.05) is 11.6 Å². The minimum absolute atomic E-state index is 0.170. The van der Waals surface area contributed by atoms with Gasteiger partial charge < -0.3 is 15.6 Å². The van der Waals surface area contributed by atoms with Crippen LogP contribution in [0.1, 0.15) is 13.8 Å². The standard InChI is InChI=1S/C8H15NO3/c1-3-12-8(11)6(2)4-7(9)5-10/h4,7,10H,3,5,9H2,1-2H3/b6-4+/t7-/m0/s1. The van der Waals surface area contributed by atoms with E-state index < -0.39 is 6.04 Å². The van der Waals surface area contributed by atoms with Crippen molar-refractivity contribution in [3.05, 3.63) is 11.6 Å². The first-order valence-corrected chi connectivity index (χ1v) is 3.83. The molecule has 0 aliphatic rings. The molecule has 0 heterocycles. The second-order valence-corrected chi connectivity index (χ2v) is 2.42. The van der Waals surface area contributed by atoms with Crippen molar-refractivity contribution in [2.24, 2.45) is 5.73 Å². The van der Waals surface area contributed by atoms with Crippen molar-refractivity contribution in [2.45, 2.75) is 19.9 Å². The number of esters is 1. The summed E-state index contributed by atoms with van der Waals surface area (Å²) in [7, 11) is 0. The smallest absolute Gasteiger partial charge is 0.333 e. The molecule has 70 valence electrons. The summed E-state index contributed by atoms with van der Waals surface area (Å²) in [5.41, 5.74) is 5.80. The van der Waals surface area contributed by atoms with Gasteiger partial charge in [-0.3, -0.25) is 0 Å². The Balaban J connectivity index is 4.07. The van der Waals surface area contributed by atoms with Crippen LogP contribution in [-0.2, 0) is 9.53 Å². The lowest BCUT2D eigenvalue weighted by molar-refractivity contribution is -0.138. The molecule has 0 aromatic rings. The van der Waals surface area contributed by atoms with Gasteiger partial charge >= 0.3 is 5.97 Å². The molecule has 0 radical (unpaired) electrons. The number of rotatable bonds is 4. The first-order chi connectivity index (χ1) is 5.61. The van der Waals surface area contributed by atoms with Gasteiger partial charge in [-0.2, -0.15) is 0 Å². The molecular weight excluding hydrogens is 158 g/mol. The second-order valence-electron chi connectivity index (χ2n) is 2.42. The Bertz CT molecular complexity index is 177. The highest BCUT2D eigenvalue weighted by Gasteiger charge is 2.05. The topological polar surface area (TPSA) is 72.5 Å². The zero-order valence-corrected chi connectivity index (χ0v) is 7.41. The Morgan fingerprint density at radius 3 is 2.75 bits per heavy atom. The van der Waals surface area contributed by atoms with Crippen molar-refractivity contribution in [1.29, 1.82) is 0 Å². The first-order valence-electron chi connectivity index (χ1n) is 3.83. The zero-order chi connectivity index (χ0) is 9.56. The van der Waals surface area contributed by atoms with Gasteiger partial charge in [0.2, 0.25) is 0 Å². The molecule has 4 nitrogen and oxygen atoms in total. The number of aliphatic hydroxyl groups excluding tert-OH is 1. The van der Waals surface area contributed by atoms with Crippen LogP contribution in [-0.4, -0.2) is 30.3 Å². The van der Waals surface area contributed by atoms with E-state index in [1.54, 1.807) is 13.8 Å². The second kappa shape index (κ2) is 5.74. The first kappa shape index (κ1) is 11.1. The Kier molecular flexibility index (Phi) is 5.32. The number of aliphatic hydroxyl groups is 1. The van der Waals surface area contributed by atoms with Crippen LogP contribution in [0.3, 0.4) is 0 Å². The van der Waals surface area contributed by atoms with E-state index in [1.807, 2.05) is 0 Å². The predicted molar refractivity (Wildman–Crippen MR) is 45.5 cm³/mol. The van der Waals surface area contributed by atoms with E-state index in [0.717, 1.165) is 0 Å². The van der Waals surface area contributed by atoms with Crippen molar-refractivity contribution < 1.29 is 14.6 Å². The van der Waals surface area contributed by atoms with E-state index in [2.05, 4.69) is 0 Å². The molecule has 0 saturated heterocycles. The molecule has 0 aromatic carbocycles. The molecule has 0 spiro atoms. The molecule has 0 unspecified atom stereocenters. The van der Waals surface area contributed by atoms with E-state index in [4.69, 9.17) is 15.6 Å². The van der Waals surface area contributed by atoms with Crippen LogP contribution in [0.4, 0.5) is 0 Å². The maximum Gasteiger partial charge on any atom is 0.333 e. The van der Waals surface area contributed by atoms with Crippen LogP contribution in [0.25, 0.3) is 0 Å². The summed E-state index contributed by atoms with van der Waals surface area (Å²) in [6.07, 6.45) is 1.48. The molecule has 0 bridgehead atoms. The maximum atomic E-state index is 11.0. The number of carbonyl (C=O) groups is 1. The summed E-state index contributed by atoms with van der Waals surface area (Å²) in [6, 6.07) is -0.491. The average Bonchev–Trinajstić information content (AvgIpc) is 2.04. The highest BCUT2D eigenvalue weighted by atomic mass is 16.5. The fourth-order valence-corrected chi connectivity index (χ4v) is 0.687. The number of hydrogen-bond acceptors (Lipinski definition) is 4. The third kappa shape index (κ3) is 4.10. The zero-order valence-electron chi connectivity index (χ0n) is 7.41. The molecule has 0 aliphatic carbocycles. The van der Waals surface area contributed by atoms with Crippen LogP contribution in [0.2, 0.25) is 0 Å². The van der Waals surface area contributed by atoms with Gasteiger partial charge in [-0.25, -0.2) is 4.79 Å². The molecule has 0 aromatic heterocycles. The predicted octanol–water partition coefficient (Wildman–Crippen LogP) is -0.185. The fraction of sp³-hybridized carbons (Fsp3) is 0.625. The van der Waals surface area contributed by atoms with Crippen LogP contribution in [0.15, 0.2) is 11.6 Å². The van der Waals surface area contributed by atoms with Crippen molar-refractivity contribution in [3.63, 3.8) is 0 Å². The molecule has 0 rings (SSSR count). The summed E-state index contributed by atoms with van der Waals surface area (Å²) < 4.78 is 4.70. The van der Waals surface area contributed by atoms with E-state index in [-0.39, 0.29) is 12.6 Å². The van der Waals surface area contributed by atoms with Crippen molar-refractivity contribution in [1.82, 2.24) is 0 Å². The highest BCUT2D eigenvalue weighted by molar-refractivity contribution is 5.87. The van der Waals surface area contributed by atoms with Crippen LogP contribution >= 0.6 is 0 Å². The van der Waals surface area contributed by atoms with Gasteiger partial charge in [0.15, 0.2) is 0 Å². The van der Waals surface area contributed by atoms with Crippen molar-refractivity contribution in [3.8, 4) is 0 Å². The third-order valence-electron chi connectivity index (χ3n) is 1.27. The Labute approximate surface area is 72.0 Å². The van der Waals surface area contributed by atoms with Gasteiger partial charge in [-0.1, -0.05) is 6.08 Å². The minimum atomic E-state index is -0.491. The Hall–Kier alpha value is -0.870. The molecule has 0 saturated carbocycles. The molecule has 0 fully saturated rings. The summed E-state index contributed by atoms with van der Waals surface area (Å²) >= 11 is 0. The maximum absolute atomic E-state index is 11.0. The molecular formula is C8H15NO3. The minimum Gasteiger partial charge on any atom is -0.463 e.